The second-order valence-electron chi connectivity index (χ2n) is 5.42. The Kier molecular flexibility index (Phi) is 5.71. The molecule has 1 amide bonds. The van der Waals surface area contributed by atoms with Gasteiger partial charge in [-0.25, -0.2) is 13.9 Å². The van der Waals surface area contributed by atoms with E-state index >= 15 is 0 Å². The number of hydrogen-bond donors (Lipinski definition) is 1. The number of nitrogens with zero attached hydrogens (tertiary/aromatic N) is 2. The maximum Gasteiger partial charge on any atom is 0.340 e. The van der Waals surface area contributed by atoms with Crippen molar-refractivity contribution in [2.24, 2.45) is 0 Å². The summed E-state index contributed by atoms with van der Waals surface area (Å²) in [5, 5.41) is 6.77. The first-order chi connectivity index (χ1) is 11.3. The van der Waals surface area contributed by atoms with Crippen molar-refractivity contribution in [3.05, 3.63) is 46.3 Å². The fraction of sp³-hybridized carbons (Fsp3) is 0.312. The molecule has 0 radical (unpaired) electrons. The molecule has 0 bridgehead atoms. The minimum Gasteiger partial charge on any atom is -0.449 e. The second kappa shape index (κ2) is 7.57. The first-order valence-corrected chi connectivity index (χ1v) is 8.09. The van der Waals surface area contributed by atoms with E-state index in [2.05, 4.69) is 26.3 Å². The van der Waals surface area contributed by atoms with Gasteiger partial charge >= 0.3 is 5.97 Å². The molecule has 0 aliphatic carbocycles. The van der Waals surface area contributed by atoms with Gasteiger partial charge in [0, 0.05) is 16.6 Å². The van der Waals surface area contributed by atoms with E-state index in [9.17, 15) is 14.0 Å². The van der Waals surface area contributed by atoms with E-state index in [-0.39, 0.29) is 16.1 Å². The quantitative estimate of drug-likeness (QED) is 0.782. The molecule has 2 aromatic rings. The third-order valence-electron chi connectivity index (χ3n) is 3.21. The number of nitrogens with one attached hydrogen (secondary N) is 1. The van der Waals surface area contributed by atoms with Crippen LogP contribution < -0.4 is 5.32 Å². The predicted molar refractivity (Wildman–Crippen MR) is 90.2 cm³/mol. The van der Waals surface area contributed by atoms with Crippen molar-refractivity contribution in [3.63, 3.8) is 0 Å². The molecule has 128 valence electrons. The van der Waals surface area contributed by atoms with E-state index in [1.165, 1.54) is 13.0 Å². The Morgan fingerprint density at radius 3 is 2.62 bits per heavy atom. The molecule has 0 aliphatic rings. The Balaban J connectivity index is 2.03. The normalized spacial score (nSPS) is 12.1. The van der Waals surface area contributed by atoms with Crippen LogP contribution in [0.5, 0.6) is 0 Å². The number of rotatable bonds is 5. The van der Waals surface area contributed by atoms with E-state index in [0.29, 0.717) is 5.82 Å². The zero-order chi connectivity index (χ0) is 17.9. The Morgan fingerprint density at radius 2 is 2.00 bits per heavy atom. The molecule has 1 heterocycles. The third kappa shape index (κ3) is 4.19. The average Bonchev–Trinajstić information content (AvgIpc) is 2.95. The molecule has 6 nitrogen and oxygen atoms in total. The summed E-state index contributed by atoms with van der Waals surface area (Å²) in [6, 6.07) is 5.32. The highest BCUT2D eigenvalue weighted by atomic mass is 79.9. The van der Waals surface area contributed by atoms with E-state index in [1.807, 2.05) is 13.8 Å². The summed E-state index contributed by atoms with van der Waals surface area (Å²) < 4.78 is 20.1. The van der Waals surface area contributed by atoms with Gasteiger partial charge in [-0.05, 0) is 54.9 Å². The molecule has 0 spiro atoms. The zero-order valence-electron chi connectivity index (χ0n) is 13.4. The van der Waals surface area contributed by atoms with Gasteiger partial charge in [-0.3, -0.25) is 4.79 Å². The molecule has 1 N–H and O–H groups in total. The number of amides is 1. The van der Waals surface area contributed by atoms with Gasteiger partial charge in [-0.15, -0.1) is 0 Å². The molecule has 1 atom stereocenters. The highest BCUT2D eigenvalue weighted by molar-refractivity contribution is 9.10. The fourth-order valence-corrected chi connectivity index (χ4v) is 2.50. The van der Waals surface area contributed by atoms with Gasteiger partial charge in [0.2, 0.25) is 0 Å². The van der Waals surface area contributed by atoms with Crippen molar-refractivity contribution >= 4 is 33.6 Å². The Labute approximate surface area is 147 Å². The van der Waals surface area contributed by atoms with E-state index < -0.39 is 23.8 Å². The maximum absolute atomic E-state index is 13.1. The lowest BCUT2D eigenvalue weighted by Gasteiger charge is -2.16. The summed E-state index contributed by atoms with van der Waals surface area (Å²) in [7, 11) is 0. The summed E-state index contributed by atoms with van der Waals surface area (Å²) in [5.41, 5.74) is 0.142. The van der Waals surface area contributed by atoms with Crippen molar-refractivity contribution in [1.82, 2.24) is 9.78 Å². The van der Waals surface area contributed by atoms with Gasteiger partial charge in [-0.2, -0.15) is 5.10 Å². The Bertz CT molecular complexity index is 761. The van der Waals surface area contributed by atoms with Crippen LogP contribution in [0.3, 0.4) is 0 Å². The molecule has 2 rings (SSSR count). The highest BCUT2D eigenvalue weighted by Crippen LogP contribution is 2.20. The number of anilines is 1. The van der Waals surface area contributed by atoms with Crippen molar-refractivity contribution in [2.75, 3.05) is 5.32 Å². The SMILES string of the molecule is CC(C)n1nccc1NC(=O)[C@H](C)OC(=O)c1ccc(F)cc1Br. The van der Waals surface area contributed by atoms with Crippen LogP contribution >= 0.6 is 15.9 Å². The molecular formula is C16H17BrFN3O3. The molecule has 8 heteroatoms. The standard InChI is InChI=1S/C16H17BrFN3O3/c1-9(2)21-14(6-7-19-21)20-15(22)10(3)24-16(23)12-5-4-11(18)8-13(12)17/h4-10H,1-3H3,(H,20,22)/t10-/m0/s1. The van der Waals surface area contributed by atoms with E-state index in [0.717, 1.165) is 12.1 Å². The lowest BCUT2D eigenvalue weighted by molar-refractivity contribution is -0.123. The van der Waals surface area contributed by atoms with Gasteiger partial charge in [0.15, 0.2) is 6.10 Å². The first kappa shape index (κ1) is 18.1. The number of ether oxygens (including phenoxy) is 1. The van der Waals surface area contributed by atoms with Crippen molar-refractivity contribution in [3.8, 4) is 0 Å². The van der Waals surface area contributed by atoms with E-state index in [1.54, 1.807) is 16.9 Å². The van der Waals surface area contributed by atoms with Crippen molar-refractivity contribution in [2.45, 2.75) is 32.9 Å². The molecule has 0 fully saturated rings. The molecule has 0 saturated heterocycles. The van der Waals surface area contributed by atoms with Crippen LogP contribution in [-0.4, -0.2) is 27.8 Å². The second-order valence-corrected chi connectivity index (χ2v) is 6.27. The number of halogens is 2. The number of carbonyl (C=O) groups is 2. The van der Waals surface area contributed by atoms with Crippen LogP contribution in [-0.2, 0) is 9.53 Å². The first-order valence-electron chi connectivity index (χ1n) is 7.30. The van der Waals surface area contributed by atoms with Gasteiger partial charge in [0.05, 0.1) is 11.8 Å². The largest absolute Gasteiger partial charge is 0.449 e. The minimum atomic E-state index is -1.02. The Morgan fingerprint density at radius 1 is 1.29 bits per heavy atom. The average molecular weight is 398 g/mol. The lowest BCUT2D eigenvalue weighted by atomic mass is 10.2. The van der Waals surface area contributed by atoms with Crippen LogP contribution in [0.2, 0.25) is 0 Å². The number of aromatic nitrogens is 2. The van der Waals surface area contributed by atoms with Crippen molar-refractivity contribution < 1.29 is 18.7 Å². The summed E-state index contributed by atoms with van der Waals surface area (Å²) in [5.74, 6) is -1.17. The van der Waals surface area contributed by atoms with Gasteiger partial charge in [0.1, 0.15) is 11.6 Å². The summed E-state index contributed by atoms with van der Waals surface area (Å²) in [6.45, 7) is 5.32. The van der Waals surface area contributed by atoms with Gasteiger partial charge in [0.25, 0.3) is 5.91 Å². The van der Waals surface area contributed by atoms with Crippen molar-refractivity contribution in [1.29, 1.82) is 0 Å². The molecular weight excluding hydrogens is 381 g/mol. The number of benzene rings is 1. The zero-order valence-corrected chi connectivity index (χ0v) is 15.0. The van der Waals surface area contributed by atoms with Crippen LogP contribution in [0.4, 0.5) is 10.2 Å². The monoisotopic (exact) mass is 397 g/mol. The topological polar surface area (TPSA) is 73.2 Å². The fourth-order valence-electron chi connectivity index (χ4n) is 1.99. The minimum absolute atomic E-state index is 0.0725. The summed E-state index contributed by atoms with van der Waals surface area (Å²) >= 11 is 3.10. The predicted octanol–water partition coefficient (Wildman–Crippen LogP) is 3.55. The summed E-state index contributed by atoms with van der Waals surface area (Å²) in [6.07, 6.45) is 0.548. The highest BCUT2D eigenvalue weighted by Gasteiger charge is 2.22. The molecule has 1 aromatic heterocycles. The van der Waals surface area contributed by atoms with Crippen LogP contribution in [0.15, 0.2) is 34.9 Å². The number of esters is 1. The molecule has 0 aliphatic heterocycles. The number of carbonyl (C=O) groups excluding carboxylic acids is 2. The van der Waals surface area contributed by atoms with Crippen LogP contribution in [0.25, 0.3) is 0 Å². The van der Waals surface area contributed by atoms with Gasteiger partial charge < -0.3 is 10.1 Å². The maximum atomic E-state index is 13.1. The smallest absolute Gasteiger partial charge is 0.340 e. The van der Waals surface area contributed by atoms with E-state index in [4.69, 9.17) is 4.74 Å². The van der Waals surface area contributed by atoms with Crippen LogP contribution in [0.1, 0.15) is 37.2 Å². The number of hydrogen-bond acceptors (Lipinski definition) is 4. The lowest BCUT2D eigenvalue weighted by Crippen LogP contribution is -2.31. The molecule has 0 saturated carbocycles. The van der Waals surface area contributed by atoms with Crippen LogP contribution in [0, 0.1) is 5.82 Å². The van der Waals surface area contributed by atoms with Gasteiger partial charge in [-0.1, -0.05) is 0 Å². The molecule has 1 aromatic carbocycles. The molecule has 24 heavy (non-hydrogen) atoms. The summed E-state index contributed by atoms with van der Waals surface area (Å²) in [4.78, 5) is 24.3. The molecule has 0 unspecified atom stereocenters. The Hall–Kier alpha value is -2.22. The third-order valence-corrected chi connectivity index (χ3v) is 3.87.